The molecular weight excluding hydrogens is 280 g/mol. The normalized spacial score (nSPS) is 10.1. The zero-order chi connectivity index (χ0) is 8.59. The number of aromatic nitrogens is 2. The smallest absolute Gasteiger partial charge is 0.302 e. The van der Waals surface area contributed by atoms with Crippen LogP contribution >= 0.6 is 32.1 Å². The maximum Gasteiger partial charge on any atom is 0.341 e. The van der Waals surface area contributed by atoms with Crippen LogP contribution in [0.4, 0.5) is 0 Å². The first kappa shape index (κ1) is 8.73. The summed E-state index contributed by atoms with van der Waals surface area (Å²) in [5, 5.41) is 0. The molecule has 0 spiro atoms. The minimum atomic E-state index is -0.404. The van der Waals surface area contributed by atoms with E-state index >= 15 is 0 Å². The van der Waals surface area contributed by atoms with Gasteiger partial charge in [-0.3, -0.25) is 4.79 Å². The summed E-state index contributed by atoms with van der Waals surface area (Å²) in [4.78, 5) is 22.0. The minimum absolute atomic E-state index is 0.344. The molecule has 4 nitrogen and oxygen atoms in total. The van der Waals surface area contributed by atoms with E-state index in [0.29, 0.717) is 4.47 Å². The Hall–Kier alpha value is -0.360. The molecule has 0 bridgehead atoms. The summed E-state index contributed by atoms with van der Waals surface area (Å²) in [6.45, 7) is 0. The molecule has 1 aromatic heterocycles. The first-order valence-electron chi connectivity index (χ1n) is 2.68. The van der Waals surface area contributed by atoms with Gasteiger partial charge in [-0.1, -0.05) is 0 Å². The Balaban J connectivity index is 3.74. The monoisotopic (exact) mass is 282 g/mol. The van der Waals surface area contributed by atoms with Gasteiger partial charge in [-0.2, -0.15) is 3.59 Å². The van der Waals surface area contributed by atoms with Crippen molar-refractivity contribution in [3.05, 3.63) is 31.5 Å². The number of nitrogens with zero attached hydrogens (tertiary/aromatic N) is 2. The standard InChI is InChI=1S/C5H4Br2N2O2/c1-8-2-3(6)4(10)9(7)5(8)11/h2H,1H3. The van der Waals surface area contributed by atoms with Crippen LogP contribution in [0.3, 0.4) is 0 Å². The van der Waals surface area contributed by atoms with Crippen LogP contribution in [0.5, 0.6) is 0 Å². The van der Waals surface area contributed by atoms with Crippen LogP contribution in [0, 0.1) is 0 Å². The summed E-state index contributed by atoms with van der Waals surface area (Å²) < 4.78 is 2.49. The van der Waals surface area contributed by atoms with Crippen molar-refractivity contribution in [1.29, 1.82) is 0 Å². The third-order valence-corrected chi connectivity index (χ3v) is 2.33. The average molecular weight is 284 g/mol. The second kappa shape index (κ2) is 2.94. The first-order valence-corrected chi connectivity index (χ1v) is 4.18. The lowest BCUT2D eigenvalue weighted by molar-refractivity contribution is 0.778. The predicted molar refractivity (Wildman–Crippen MR) is 48.0 cm³/mol. The van der Waals surface area contributed by atoms with Crippen LogP contribution < -0.4 is 11.2 Å². The maximum atomic E-state index is 11.0. The molecule has 1 aromatic rings. The molecule has 6 heteroatoms. The van der Waals surface area contributed by atoms with Crippen LogP contribution in [-0.4, -0.2) is 8.16 Å². The van der Waals surface area contributed by atoms with Gasteiger partial charge >= 0.3 is 5.69 Å². The summed E-state index contributed by atoms with van der Waals surface area (Å²) in [6.07, 6.45) is 1.42. The highest BCUT2D eigenvalue weighted by atomic mass is 79.9. The fourth-order valence-electron chi connectivity index (χ4n) is 0.600. The van der Waals surface area contributed by atoms with Crippen molar-refractivity contribution in [3.8, 4) is 0 Å². The molecule has 0 fully saturated rings. The Kier molecular flexibility index (Phi) is 2.34. The Morgan fingerprint density at radius 2 is 2.00 bits per heavy atom. The molecule has 0 aliphatic carbocycles. The Morgan fingerprint density at radius 3 is 2.55 bits per heavy atom. The van der Waals surface area contributed by atoms with Crippen LogP contribution in [-0.2, 0) is 7.05 Å². The van der Waals surface area contributed by atoms with E-state index in [1.807, 2.05) is 0 Å². The van der Waals surface area contributed by atoms with Gasteiger partial charge in [0.2, 0.25) is 0 Å². The fraction of sp³-hybridized carbons (Fsp3) is 0.200. The fourth-order valence-corrected chi connectivity index (χ4v) is 1.76. The van der Waals surface area contributed by atoms with E-state index in [2.05, 4.69) is 32.1 Å². The van der Waals surface area contributed by atoms with E-state index in [0.717, 1.165) is 3.59 Å². The van der Waals surface area contributed by atoms with Crippen molar-refractivity contribution in [2.24, 2.45) is 7.05 Å². The molecule has 0 aliphatic rings. The van der Waals surface area contributed by atoms with Crippen LogP contribution in [0.1, 0.15) is 0 Å². The summed E-state index contributed by atoms with van der Waals surface area (Å²) in [5.41, 5.74) is -0.800. The second-order valence-electron chi connectivity index (χ2n) is 1.96. The summed E-state index contributed by atoms with van der Waals surface area (Å²) in [7, 11) is 1.56. The molecule has 1 rings (SSSR count). The van der Waals surface area contributed by atoms with Gasteiger partial charge < -0.3 is 4.57 Å². The highest BCUT2D eigenvalue weighted by Crippen LogP contribution is 1.98. The molecular formula is C5H4Br2N2O2. The van der Waals surface area contributed by atoms with Gasteiger partial charge in [0.1, 0.15) is 4.47 Å². The van der Waals surface area contributed by atoms with Crippen molar-refractivity contribution in [3.63, 3.8) is 0 Å². The van der Waals surface area contributed by atoms with Gasteiger partial charge in [0, 0.05) is 13.2 Å². The van der Waals surface area contributed by atoms with Gasteiger partial charge in [-0.15, -0.1) is 0 Å². The first-order chi connectivity index (χ1) is 5.04. The molecule has 1 heterocycles. The van der Waals surface area contributed by atoms with E-state index in [1.165, 1.54) is 10.8 Å². The Labute approximate surface area is 78.9 Å². The van der Waals surface area contributed by atoms with Gasteiger partial charge in [0.15, 0.2) is 0 Å². The van der Waals surface area contributed by atoms with Crippen molar-refractivity contribution >= 4 is 32.1 Å². The summed E-state index contributed by atoms with van der Waals surface area (Å²) in [5.74, 6) is 0. The van der Waals surface area contributed by atoms with Gasteiger partial charge in [-0.25, -0.2) is 4.79 Å². The van der Waals surface area contributed by atoms with Crippen LogP contribution in [0.15, 0.2) is 20.3 Å². The number of hydrogen-bond donors (Lipinski definition) is 0. The molecule has 0 unspecified atom stereocenters. The molecule has 0 saturated carbocycles. The molecule has 11 heavy (non-hydrogen) atoms. The lowest BCUT2D eigenvalue weighted by Crippen LogP contribution is -2.33. The summed E-state index contributed by atoms with van der Waals surface area (Å²) >= 11 is 5.83. The molecule has 60 valence electrons. The van der Waals surface area contributed by atoms with Crippen molar-refractivity contribution in [2.45, 2.75) is 0 Å². The zero-order valence-corrected chi connectivity index (χ0v) is 8.72. The lowest BCUT2D eigenvalue weighted by atomic mass is 10.6. The van der Waals surface area contributed by atoms with Crippen molar-refractivity contribution < 1.29 is 0 Å². The molecule has 0 amide bonds. The molecule has 0 radical (unpaired) electrons. The van der Waals surface area contributed by atoms with E-state index in [4.69, 9.17) is 0 Å². The highest BCUT2D eigenvalue weighted by Gasteiger charge is 2.03. The third kappa shape index (κ3) is 1.46. The van der Waals surface area contributed by atoms with Gasteiger partial charge in [0.05, 0.1) is 16.1 Å². The zero-order valence-electron chi connectivity index (χ0n) is 5.54. The number of halogens is 2. The van der Waals surface area contributed by atoms with Gasteiger partial charge in [-0.05, 0) is 15.9 Å². The molecule has 0 N–H and O–H groups in total. The number of rotatable bonds is 0. The second-order valence-corrected chi connectivity index (χ2v) is 3.52. The topological polar surface area (TPSA) is 44.0 Å². The van der Waals surface area contributed by atoms with Crippen LogP contribution in [0.25, 0.3) is 0 Å². The summed E-state index contributed by atoms with van der Waals surface area (Å²) in [6, 6.07) is 0. The largest absolute Gasteiger partial charge is 0.341 e. The molecule has 0 aliphatic heterocycles. The van der Waals surface area contributed by atoms with E-state index < -0.39 is 11.2 Å². The Bertz CT molecular complexity index is 358. The highest BCUT2D eigenvalue weighted by molar-refractivity contribution is 9.10. The van der Waals surface area contributed by atoms with Crippen LogP contribution in [0.2, 0.25) is 0 Å². The number of hydrogen-bond acceptors (Lipinski definition) is 2. The molecule has 0 aromatic carbocycles. The van der Waals surface area contributed by atoms with Crippen molar-refractivity contribution in [1.82, 2.24) is 8.16 Å². The Morgan fingerprint density at radius 1 is 1.45 bits per heavy atom. The van der Waals surface area contributed by atoms with E-state index in [9.17, 15) is 9.59 Å². The lowest BCUT2D eigenvalue weighted by Gasteiger charge is -1.98. The minimum Gasteiger partial charge on any atom is -0.302 e. The third-order valence-electron chi connectivity index (χ3n) is 1.16. The molecule has 0 saturated heterocycles. The maximum absolute atomic E-state index is 11.0. The quantitative estimate of drug-likeness (QED) is 0.695. The van der Waals surface area contributed by atoms with Gasteiger partial charge in [0.25, 0.3) is 5.56 Å². The SMILES string of the molecule is Cn1cc(Br)c(=O)n(Br)c1=O. The van der Waals surface area contributed by atoms with E-state index in [-0.39, 0.29) is 0 Å². The predicted octanol–water partition coefficient (Wildman–Crippen LogP) is 0.468. The van der Waals surface area contributed by atoms with E-state index in [1.54, 1.807) is 7.05 Å². The van der Waals surface area contributed by atoms with Crippen molar-refractivity contribution in [2.75, 3.05) is 0 Å². The number of aryl methyl sites for hydroxylation is 1. The molecule has 0 atom stereocenters. The average Bonchev–Trinajstić information content (AvgIpc) is 1.97.